The number of Topliss-reactive ketones (excluding diaryl/α,β-unsaturated/α-hetero) is 1. The Bertz CT molecular complexity index is 1460. The highest BCUT2D eigenvalue weighted by atomic mass is 19.2. The second kappa shape index (κ2) is 13.1. The van der Waals surface area contributed by atoms with Crippen LogP contribution >= 0.6 is 0 Å². The van der Waals surface area contributed by atoms with Crippen molar-refractivity contribution in [2.75, 3.05) is 31.5 Å². The number of halogens is 4. The van der Waals surface area contributed by atoms with Gasteiger partial charge >= 0.3 is 0 Å². The summed E-state index contributed by atoms with van der Waals surface area (Å²) in [5.74, 6) is -4.63. The van der Waals surface area contributed by atoms with Crippen molar-refractivity contribution in [2.45, 2.75) is 31.7 Å². The van der Waals surface area contributed by atoms with Crippen LogP contribution < -0.4 is 10.6 Å². The fourth-order valence-corrected chi connectivity index (χ4v) is 5.09. The maximum atomic E-state index is 13.8. The van der Waals surface area contributed by atoms with Crippen molar-refractivity contribution in [1.82, 2.24) is 20.2 Å². The maximum absolute atomic E-state index is 13.8. The Morgan fingerprint density at radius 1 is 0.857 bits per heavy atom. The van der Waals surface area contributed by atoms with Crippen molar-refractivity contribution in [1.29, 1.82) is 0 Å². The van der Waals surface area contributed by atoms with E-state index in [0.717, 1.165) is 43.9 Å². The van der Waals surface area contributed by atoms with E-state index in [2.05, 4.69) is 25.5 Å². The normalized spacial score (nSPS) is 19.4. The van der Waals surface area contributed by atoms with Crippen molar-refractivity contribution >= 4 is 29.8 Å². The molecule has 0 unspecified atom stereocenters. The Hall–Kier alpha value is -4.38. The lowest BCUT2D eigenvalue weighted by molar-refractivity contribution is -0.113. The largest absolute Gasteiger partial charge is 0.353 e. The van der Waals surface area contributed by atoms with Gasteiger partial charge in [0.1, 0.15) is 0 Å². The van der Waals surface area contributed by atoms with Gasteiger partial charge in [-0.2, -0.15) is 0 Å². The van der Waals surface area contributed by atoms with Crippen molar-refractivity contribution in [3.8, 4) is 0 Å². The molecule has 1 aliphatic carbocycles. The highest BCUT2D eigenvalue weighted by Crippen LogP contribution is 2.29. The second-order valence-corrected chi connectivity index (χ2v) is 10.4. The molecular formula is C31H29F4N5O2. The first-order valence-electron chi connectivity index (χ1n) is 13.7. The molecule has 1 saturated heterocycles. The monoisotopic (exact) mass is 579 g/mol. The molecule has 0 spiro atoms. The third-order valence-corrected chi connectivity index (χ3v) is 7.24. The van der Waals surface area contributed by atoms with E-state index in [0.29, 0.717) is 12.5 Å². The average Bonchev–Trinajstić information content (AvgIpc) is 3.49. The fraction of sp³-hybridized carbons (Fsp3) is 0.290. The summed E-state index contributed by atoms with van der Waals surface area (Å²) in [7, 11) is 0. The Morgan fingerprint density at radius 3 is 1.93 bits per heavy atom. The van der Waals surface area contributed by atoms with Gasteiger partial charge in [-0.05, 0) is 86.3 Å². The number of benzene rings is 2. The zero-order valence-corrected chi connectivity index (χ0v) is 22.7. The van der Waals surface area contributed by atoms with Crippen LogP contribution in [0, 0.1) is 23.3 Å². The van der Waals surface area contributed by atoms with Crippen LogP contribution in [0.1, 0.15) is 47.2 Å². The molecule has 1 aliphatic heterocycles. The van der Waals surface area contributed by atoms with Gasteiger partial charge in [0, 0.05) is 42.7 Å². The predicted octanol–water partition coefficient (Wildman–Crippen LogP) is 5.17. The maximum Gasteiger partial charge on any atom is 0.254 e. The summed E-state index contributed by atoms with van der Waals surface area (Å²) in [4.78, 5) is 37.2. The molecule has 0 bridgehead atoms. The number of aromatic nitrogens is 2. The van der Waals surface area contributed by atoms with Crippen LogP contribution in [0.15, 0.2) is 59.9 Å². The van der Waals surface area contributed by atoms with Gasteiger partial charge in [-0.1, -0.05) is 12.1 Å². The lowest BCUT2D eigenvalue weighted by Gasteiger charge is -2.27. The molecule has 1 saturated carbocycles. The van der Waals surface area contributed by atoms with Crippen LogP contribution in [0.2, 0.25) is 0 Å². The first-order chi connectivity index (χ1) is 20.2. The van der Waals surface area contributed by atoms with Crippen LogP contribution in [0.4, 0.5) is 23.5 Å². The third kappa shape index (κ3) is 7.27. The summed E-state index contributed by atoms with van der Waals surface area (Å²) in [6.07, 6.45) is 8.29. The van der Waals surface area contributed by atoms with E-state index in [1.165, 1.54) is 49.5 Å². The molecule has 2 heterocycles. The molecule has 2 aromatic carbocycles. The summed E-state index contributed by atoms with van der Waals surface area (Å²) < 4.78 is 54.5. The van der Waals surface area contributed by atoms with Crippen LogP contribution in [0.25, 0.3) is 12.2 Å². The van der Waals surface area contributed by atoms with E-state index >= 15 is 0 Å². The molecule has 2 fully saturated rings. The first kappa shape index (κ1) is 29.1. The summed E-state index contributed by atoms with van der Waals surface area (Å²) >= 11 is 0. The minimum atomic E-state index is -1.07. The van der Waals surface area contributed by atoms with Crippen molar-refractivity contribution < 1.29 is 27.2 Å². The molecule has 2 aliphatic rings. The molecule has 42 heavy (non-hydrogen) atoms. The summed E-state index contributed by atoms with van der Waals surface area (Å²) in [6.45, 7) is 3.74. The van der Waals surface area contributed by atoms with Gasteiger partial charge in [0.05, 0.1) is 5.56 Å². The minimum Gasteiger partial charge on any atom is -0.353 e. The topological polar surface area (TPSA) is 87.2 Å². The van der Waals surface area contributed by atoms with Gasteiger partial charge in [0.2, 0.25) is 5.95 Å². The summed E-state index contributed by atoms with van der Waals surface area (Å²) in [5, 5.41) is 6.03. The molecule has 0 atom stereocenters. The van der Waals surface area contributed by atoms with Crippen LogP contribution in [0.3, 0.4) is 0 Å². The van der Waals surface area contributed by atoms with Gasteiger partial charge in [0.15, 0.2) is 29.1 Å². The number of carbonyl (C=O) groups is 2. The fourth-order valence-electron chi connectivity index (χ4n) is 5.09. The zero-order chi connectivity index (χ0) is 29.6. The van der Waals surface area contributed by atoms with Gasteiger partial charge < -0.3 is 15.5 Å². The van der Waals surface area contributed by atoms with E-state index in [1.54, 1.807) is 0 Å². The lowest BCUT2D eigenvalue weighted by atomic mass is 9.83. The average molecular weight is 580 g/mol. The quantitative estimate of drug-likeness (QED) is 0.283. The zero-order valence-electron chi connectivity index (χ0n) is 22.7. The van der Waals surface area contributed by atoms with E-state index in [1.807, 2.05) is 0 Å². The van der Waals surface area contributed by atoms with Gasteiger partial charge in [-0.15, -0.1) is 0 Å². The third-order valence-electron chi connectivity index (χ3n) is 7.24. The van der Waals surface area contributed by atoms with E-state index in [4.69, 9.17) is 0 Å². The van der Waals surface area contributed by atoms with Gasteiger partial charge in [0.25, 0.3) is 5.91 Å². The molecule has 5 rings (SSSR count). The van der Waals surface area contributed by atoms with E-state index in [9.17, 15) is 27.2 Å². The SMILES string of the molecule is O=C1/C(=C/c2ccc(F)c(F)c2)CC(NC(=O)c2cnc(NCCN3CCCC3)nc2)C/C1=C\c1ccc(F)c(F)c1. The number of hydrogen-bond donors (Lipinski definition) is 2. The smallest absolute Gasteiger partial charge is 0.254 e. The highest BCUT2D eigenvalue weighted by Gasteiger charge is 2.29. The molecule has 3 aromatic rings. The Balaban J connectivity index is 1.32. The number of ketones is 1. The number of amides is 1. The Labute approximate surface area is 240 Å². The first-order valence-corrected chi connectivity index (χ1v) is 13.7. The van der Waals surface area contributed by atoms with Crippen LogP contribution in [-0.2, 0) is 4.79 Å². The van der Waals surface area contributed by atoms with Crippen molar-refractivity contribution in [2.24, 2.45) is 0 Å². The number of rotatable bonds is 8. The number of hydrogen-bond acceptors (Lipinski definition) is 6. The lowest BCUT2D eigenvalue weighted by Crippen LogP contribution is -2.39. The summed E-state index contributed by atoms with van der Waals surface area (Å²) in [5.41, 5.74) is 1.21. The van der Waals surface area contributed by atoms with Crippen molar-refractivity contribution in [3.05, 3.63) is 99.9 Å². The molecule has 218 valence electrons. The number of likely N-dealkylation sites (tertiary alicyclic amines) is 1. The van der Waals surface area contributed by atoms with E-state index < -0.39 is 41.0 Å². The van der Waals surface area contributed by atoms with Crippen LogP contribution in [-0.4, -0.2) is 58.8 Å². The number of carbonyl (C=O) groups excluding carboxylic acids is 2. The number of nitrogens with zero attached hydrogens (tertiary/aromatic N) is 3. The molecule has 7 nitrogen and oxygen atoms in total. The Kier molecular flexibility index (Phi) is 9.06. The van der Waals surface area contributed by atoms with Gasteiger partial charge in [-0.25, -0.2) is 27.5 Å². The summed E-state index contributed by atoms with van der Waals surface area (Å²) in [6, 6.07) is 5.94. The molecule has 2 N–H and O–H groups in total. The standard InChI is InChI=1S/C31H29F4N5O2/c32-25-5-3-19(13-27(25)34)11-21-15-24(16-22(29(21)41)12-20-4-6-26(33)28(35)14-20)39-30(42)23-17-37-31(38-18-23)36-7-10-40-8-1-2-9-40/h3-6,11-14,17-18,24H,1-2,7-10,15-16H2,(H,39,42)(H,36,37,38)/b21-11+,22-12+. The van der Waals surface area contributed by atoms with Crippen LogP contribution in [0.5, 0.6) is 0 Å². The number of nitrogens with one attached hydrogen (secondary N) is 2. The minimum absolute atomic E-state index is 0.107. The van der Waals surface area contributed by atoms with E-state index in [-0.39, 0.29) is 40.7 Å². The second-order valence-electron chi connectivity index (χ2n) is 10.4. The number of anilines is 1. The molecule has 11 heteroatoms. The molecule has 0 radical (unpaired) electrons. The Morgan fingerprint density at radius 2 is 1.40 bits per heavy atom. The predicted molar refractivity (Wildman–Crippen MR) is 150 cm³/mol. The molecule has 1 amide bonds. The van der Waals surface area contributed by atoms with Gasteiger partial charge in [-0.3, -0.25) is 9.59 Å². The van der Waals surface area contributed by atoms with Crippen molar-refractivity contribution in [3.63, 3.8) is 0 Å². The molecular weight excluding hydrogens is 550 g/mol. The molecule has 1 aromatic heterocycles. The highest BCUT2D eigenvalue weighted by molar-refractivity contribution is 6.14.